The van der Waals surface area contributed by atoms with Gasteiger partial charge in [0.25, 0.3) is 0 Å². The van der Waals surface area contributed by atoms with Crippen LogP contribution in [0.5, 0.6) is 0 Å². The van der Waals surface area contributed by atoms with E-state index >= 15 is 0 Å². The molecular weight excluding hydrogens is 338 g/mol. The molecule has 2 amide bonds. The van der Waals surface area contributed by atoms with E-state index in [-0.39, 0.29) is 6.03 Å². The van der Waals surface area contributed by atoms with Gasteiger partial charge >= 0.3 is 6.03 Å². The van der Waals surface area contributed by atoms with E-state index in [0.717, 1.165) is 29.7 Å². The van der Waals surface area contributed by atoms with Crippen LogP contribution in [0.3, 0.4) is 0 Å². The van der Waals surface area contributed by atoms with Gasteiger partial charge in [0, 0.05) is 12.1 Å². The molecule has 6 nitrogen and oxygen atoms in total. The molecule has 0 unspecified atom stereocenters. The lowest BCUT2D eigenvalue weighted by atomic mass is 10.2. The summed E-state index contributed by atoms with van der Waals surface area (Å²) in [6.07, 6.45) is 5.49. The van der Waals surface area contributed by atoms with Gasteiger partial charge in [0.1, 0.15) is 0 Å². The van der Waals surface area contributed by atoms with E-state index < -0.39 is 0 Å². The van der Waals surface area contributed by atoms with Crippen molar-refractivity contribution in [1.29, 1.82) is 0 Å². The fourth-order valence-corrected chi connectivity index (χ4v) is 2.48. The molecule has 0 bridgehead atoms. The molecule has 0 aliphatic heterocycles. The maximum Gasteiger partial charge on any atom is 0.321 e. The molecule has 3 aromatic rings. The molecule has 0 saturated carbocycles. The van der Waals surface area contributed by atoms with Gasteiger partial charge in [0.2, 0.25) is 5.95 Å². The van der Waals surface area contributed by atoms with Crippen molar-refractivity contribution < 1.29 is 4.79 Å². The van der Waals surface area contributed by atoms with Gasteiger partial charge in [-0.1, -0.05) is 74.0 Å². The number of carbonyl (C=O) groups excluding carboxylic acids is 1. The largest absolute Gasteiger partial charge is 0.338 e. The number of anilines is 1. The van der Waals surface area contributed by atoms with Crippen molar-refractivity contribution in [2.45, 2.75) is 19.8 Å². The molecule has 138 valence electrons. The highest BCUT2D eigenvalue weighted by atomic mass is 16.2. The van der Waals surface area contributed by atoms with Crippen LogP contribution in [-0.4, -0.2) is 28.5 Å². The zero-order valence-electron chi connectivity index (χ0n) is 15.3. The fraction of sp³-hybridized carbons (Fsp3) is 0.190. The molecular formula is C21H23N5O. The Bertz CT molecular complexity index is 887. The molecule has 2 aromatic carbocycles. The molecule has 0 radical (unpaired) electrons. The van der Waals surface area contributed by atoms with E-state index in [1.165, 1.54) is 0 Å². The molecule has 0 aliphatic carbocycles. The van der Waals surface area contributed by atoms with E-state index in [1.807, 2.05) is 60.7 Å². The molecule has 3 rings (SSSR count). The molecule has 6 heteroatoms. The minimum atomic E-state index is -0.287. The number of urea groups is 1. The van der Waals surface area contributed by atoms with Gasteiger partial charge in [0.15, 0.2) is 0 Å². The molecule has 1 aromatic heterocycles. The first-order valence-electron chi connectivity index (χ1n) is 9.05. The second-order valence-electron chi connectivity index (χ2n) is 6.05. The molecule has 2 N–H and O–H groups in total. The Hall–Kier alpha value is -3.41. The monoisotopic (exact) mass is 361 g/mol. The van der Waals surface area contributed by atoms with Crippen LogP contribution in [0.1, 0.15) is 25.3 Å². The van der Waals surface area contributed by atoms with Gasteiger partial charge in [-0.05, 0) is 12.0 Å². The van der Waals surface area contributed by atoms with Crippen molar-refractivity contribution in [3.63, 3.8) is 0 Å². The van der Waals surface area contributed by atoms with Crippen molar-refractivity contribution >= 4 is 18.2 Å². The minimum absolute atomic E-state index is 0.287. The summed E-state index contributed by atoms with van der Waals surface area (Å²) in [5.74, 6) is 0.370. The summed E-state index contributed by atoms with van der Waals surface area (Å²) in [6.45, 7) is 2.71. The van der Waals surface area contributed by atoms with Crippen molar-refractivity contribution in [2.24, 2.45) is 5.10 Å². The predicted molar refractivity (Wildman–Crippen MR) is 109 cm³/mol. The molecule has 0 spiro atoms. The number of nitrogens with zero attached hydrogens (tertiary/aromatic N) is 3. The van der Waals surface area contributed by atoms with Crippen molar-refractivity contribution in [3.8, 4) is 11.3 Å². The molecule has 0 atom stereocenters. The zero-order chi connectivity index (χ0) is 18.9. The Morgan fingerprint density at radius 2 is 1.81 bits per heavy atom. The standard InChI is InChI=1S/C21H23N5O/c1-2-3-14-22-21(27)25-20-24-19(18-12-8-5-9-13-18)16-26(20)23-15-17-10-6-4-7-11-17/h4-13,15-16H,2-3,14H2,1H3,(H2,22,24,25,27). The number of amides is 2. The highest BCUT2D eigenvalue weighted by Crippen LogP contribution is 2.20. The normalized spacial score (nSPS) is 10.9. The number of imidazole rings is 1. The first kappa shape index (κ1) is 18.4. The number of aromatic nitrogens is 2. The smallest absolute Gasteiger partial charge is 0.321 e. The Labute approximate surface area is 159 Å². The van der Waals surface area contributed by atoms with Crippen molar-refractivity contribution in [3.05, 3.63) is 72.4 Å². The summed E-state index contributed by atoms with van der Waals surface area (Å²) >= 11 is 0. The SMILES string of the molecule is CCCCNC(=O)Nc1nc(-c2ccccc2)cn1N=Cc1ccccc1. The maximum absolute atomic E-state index is 12.1. The number of unbranched alkanes of at least 4 members (excludes halogenated alkanes) is 1. The fourth-order valence-electron chi connectivity index (χ4n) is 2.48. The first-order valence-corrected chi connectivity index (χ1v) is 9.05. The van der Waals surface area contributed by atoms with Crippen LogP contribution in [0.25, 0.3) is 11.3 Å². The van der Waals surface area contributed by atoms with E-state index in [9.17, 15) is 4.79 Å². The Balaban J connectivity index is 1.84. The van der Waals surface area contributed by atoms with E-state index in [1.54, 1.807) is 17.1 Å². The summed E-state index contributed by atoms with van der Waals surface area (Å²) in [7, 11) is 0. The lowest BCUT2D eigenvalue weighted by Crippen LogP contribution is -2.30. The van der Waals surface area contributed by atoms with Crippen LogP contribution >= 0.6 is 0 Å². The van der Waals surface area contributed by atoms with Gasteiger partial charge in [-0.25, -0.2) is 14.5 Å². The maximum atomic E-state index is 12.1. The average molecular weight is 361 g/mol. The quantitative estimate of drug-likeness (QED) is 0.485. The van der Waals surface area contributed by atoms with Crippen molar-refractivity contribution in [2.75, 3.05) is 11.9 Å². The van der Waals surface area contributed by atoms with Crippen LogP contribution in [0.15, 0.2) is 72.0 Å². The third-order valence-electron chi connectivity index (χ3n) is 3.93. The van der Waals surface area contributed by atoms with Gasteiger partial charge < -0.3 is 5.32 Å². The second-order valence-corrected chi connectivity index (χ2v) is 6.05. The Morgan fingerprint density at radius 3 is 2.52 bits per heavy atom. The van der Waals surface area contributed by atoms with E-state index in [0.29, 0.717) is 12.5 Å². The first-order chi connectivity index (χ1) is 13.3. The Morgan fingerprint density at radius 1 is 1.11 bits per heavy atom. The average Bonchev–Trinajstić information content (AvgIpc) is 3.11. The van der Waals surface area contributed by atoms with Gasteiger partial charge in [0.05, 0.1) is 18.1 Å². The number of hydrogen-bond donors (Lipinski definition) is 2. The van der Waals surface area contributed by atoms with Gasteiger partial charge in [-0.3, -0.25) is 5.32 Å². The van der Waals surface area contributed by atoms with Crippen LogP contribution in [0.4, 0.5) is 10.7 Å². The van der Waals surface area contributed by atoms with Crippen LogP contribution in [0.2, 0.25) is 0 Å². The van der Waals surface area contributed by atoms with Crippen LogP contribution in [-0.2, 0) is 0 Å². The van der Waals surface area contributed by atoms with E-state index in [4.69, 9.17) is 0 Å². The predicted octanol–water partition coefficient (Wildman–Crippen LogP) is 4.35. The second kappa shape index (κ2) is 9.33. The summed E-state index contributed by atoms with van der Waals surface area (Å²) in [6, 6.07) is 19.3. The van der Waals surface area contributed by atoms with Crippen molar-refractivity contribution in [1.82, 2.24) is 15.0 Å². The van der Waals surface area contributed by atoms with E-state index in [2.05, 4.69) is 27.6 Å². The number of nitrogens with one attached hydrogen (secondary N) is 2. The third-order valence-corrected chi connectivity index (χ3v) is 3.93. The topological polar surface area (TPSA) is 71.3 Å². The lowest BCUT2D eigenvalue weighted by molar-refractivity contribution is 0.251. The number of benzene rings is 2. The molecule has 0 aliphatic rings. The zero-order valence-corrected chi connectivity index (χ0v) is 15.3. The summed E-state index contributed by atoms with van der Waals surface area (Å²) in [5, 5.41) is 10.1. The lowest BCUT2D eigenvalue weighted by Gasteiger charge is -2.06. The summed E-state index contributed by atoms with van der Waals surface area (Å²) in [5.41, 5.74) is 2.66. The third kappa shape index (κ3) is 5.28. The van der Waals surface area contributed by atoms with Gasteiger partial charge in [-0.15, -0.1) is 0 Å². The van der Waals surface area contributed by atoms with Crippen LogP contribution < -0.4 is 10.6 Å². The number of rotatable bonds is 7. The van der Waals surface area contributed by atoms with Crippen LogP contribution in [0, 0.1) is 0 Å². The van der Waals surface area contributed by atoms with Gasteiger partial charge in [-0.2, -0.15) is 5.10 Å². The summed E-state index contributed by atoms with van der Waals surface area (Å²) < 4.78 is 1.58. The minimum Gasteiger partial charge on any atom is -0.338 e. The number of hydrogen-bond acceptors (Lipinski definition) is 3. The molecule has 1 heterocycles. The molecule has 0 saturated heterocycles. The highest BCUT2D eigenvalue weighted by molar-refractivity contribution is 5.88. The number of carbonyl (C=O) groups is 1. The Kier molecular flexibility index (Phi) is 6.35. The molecule has 0 fully saturated rings. The molecule has 27 heavy (non-hydrogen) atoms. The highest BCUT2D eigenvalue weighted by Gasteiger charge is 2.11. The summed E-state index contributed by atoms with van der Waals surface area (Å²) in [4.78, 5) is 16.7.